The van der Waals surface area contributed by atoms with Crippen molar-refractivity contribution in [2.75, 3.05) is 0 Å². The molecule has 7 nitrogen and oxygen atoms in total. The maximum atomic E-state index is 11.8. The number of phenolic OH excluding ortho intramolecular Hbond substituents is 7. The van der Waals surface area contributed by atoms with Gasteiger partial charge in [0, 0.05) is 5.56 Å². The summed E-state index contributed by atoms with van der Waals surface area (Å²) in [6.45, 7) is 4.32. The van der Waals surface area contributed by atoms with Crippen molar-refractivity contribution in [2.45, 2.75) is 26.7 Å². The van der Waals surface area contributed by atoms with Gasteiger partial charge in [0.25, 0.3) is 0 Å². The smallest absolute Gasteiger partial charge is 0.205 e. The first kappa shape index (κ1) is 30.0. The molecule has 8 rings (SSSR count). The van der Waals surface area contributed by atoms with Gasteiger partial charge in [0.1, 0.15) is 5.75 Å². The van der Waals surface area contributed by atoms with E-state index in [2.05, 4.69) is 50.3 Å². The van der Waals surface area contributed by atoms with Gasteiger partial charge in [-0.3, -0.25) is 0 Å². The molecule has 0 unspecified atom stereocenters. The van der Waals surface area contributed by atoms with Gasteiger partial charge in [-0.25, -0.2) is 0 Å². The Balaban J connectivity index is 1.51. The summed E-state index contributed by atoms with van der Waals surface area (Å²) in [5, 5.41) is 80.6. The molecule has 0 atom stereocenters. The Morgan fingerprint density at radius 1 is 0.429 bits per heavy atom. The lowest BCUT2D eigenvalue weighted by molar-refractivity contribution is 0.347. The molecule has 1 aliphatic carbocycles. The number of allylic oxidation sites excluding steroid dienone is 4. The molecule has 0 amide bonds. The third-order valence-electron chi connectivity index (χ3n) is 9.97. The largest absolute Gasteiger partial charge is 0.506 e. The zero-order chi connectivity index (χ0) is 34.3. The minimum Gasteiger partial charge on any atom is -0.506 e. The van der Waals surface area contributed by atoms with Gasteiger partial charge in [0.05, 0.1) is 16.3 Å². The molecule has 7 heteroatoms. The molecule has 0 fully saturated rings. The molecule has 0 radical (unpaired) electrons. The maximum Gasteiger partial charge on any atom is 0.205 e. The first-order chi connectivity index (χ1) is 23.6. The molecule has 242 valence electrons. The van der Waals surface area contributed by atoms with Crippen LogP contribution < -0.4 is 0 Å². The summed E-state index contributed by atoms with van der Waals surface area (Å²) in [5.74, 6) is -6.51. The van der Waals surface area contributed by atoms with Gasteiger partial charge in [-0.05, 0) is 86.8 Å². The molecule has 0 bridgehead atoms. The highest BCUT2D eigenvalue weighted by molar-refractivity contribution is 6.27. The summed E-state index contributed by atoms with van der Waals surface area (Å²) in [7, 11) is 0. The lowest BCUT2D eigenvalue weighted by Gasteiger charge is -2.27. The Bertz CT molecular complexity index is 2590. The molecule has 0 aromatic heterocycles. The van der Waals surface area contributed by atoms with E-state index in [0.717, 1.165) is 56.7 Å². The second-order valence-corrected chi connectivity index (χ2v) is 12.7. The van der Waals surface area contributed by atoms with E-state index in [0.29, 0.717) is 16.3 Å². The summed E-state index contributed by atoms with van der Waals surface area (Å²) in [4.78, 5) is 0. The summed E-state index contributed by atoms with van der Waals surface area (Å²) < 4.78 is 0. The van der Waals surface area contributed by atoms with E-state index in [9.17, 15) is 35.7 Å². The molecule has 0 heterocycles. The molecule has 0 spiro atoms. The predicted molar refractivity (Wildman–Crippen MR) is 195 cm³/mol. The Hall–Kier alpha value is -6.34. The average molecular weight is 649 g/mol. The van der Waals surface area contributed by atoms with Crippen molar-refractivity contribution in [3.05, 3.63) is 113 Å². The Kier molecular flexibility index (Phi) is 6.65. The highest BCUT2D eigenvalue weighted by atomic mass is 16.3. The van der Waals surface area contributed by atoms with Crippen LogP contribution in [0, 0.1) is 6.92 Å². The topological polar surface area (TPSA) is 142 Å². The van der Waals surface area contributed by atoms with Gasteiger partial charge in [0.15, 0.2) is 23.0 Å². The zero-order valence-corrected chi connectivity index (χ0v) is 26.7. The SMILES string of the molecule is CC1=C(c2c(C)ccc3ccccc23)C(c2c3ccccc3c(-c3c(O)c(O)c4c(O)c(O)c(O)c(O)c4c3O)c3ccccc23)=CCC1. The quantitative estimate of drug-likeness (QED) is 0.0574. The molecule has 7 N–H and O–H groups in total. The molecule has 1 aliphatic rings. The average Bonchev–Trinajstić information content (AvgIpc) is 3.11. The van der Waals surface area contributed by atoms with Crippen molar-refractivity contribution >= 4 is 54.2 Å². The van der Waals surface area contributed by atoms with Crippen LogP contribution in [-0.2, 0) is 0 Å². The molecular weight excluding hydrogens is 616 g/mol. The van der Waals surface area contributed by atoms with E-state index in [1.807, 2.05) is 54.6 Å². The number of fused-ring (bicyclic) bond motifs is 4. The van der Waals surface area contributed by atoms with Crippen LogP contribution in [0.25, 0.3) is 65.4 Å². The maximum absolute atomic E-state index is 11.8. The lowest BCUT2D eigenvalue weighted by atomic mass is 9.77. The van der Waals surface area contributed by atoms with Crippen molar-refractivity contribution in [1.82, 2.24) is 0 Å². The fraction of sp³-hybridized carbons (Fsp3) is 0.0952. The van der Waals surface area contributed by atoms with Crippen molar-refractivity contribution < 1.29 is 35.7 Å². The van der Waals surface area contributed by atoms with Crippen LogP contribution in [0.5, 0.6) is 40.2 Å². The minimum absolute atomic E-state index is 0.210. The summed E-state index contributed by atoms with van der Waals surface area (Å²) in [5.41, 5.74) is 6.96. The van der Waals surface area contributed by atoms with Gasteiger partial charge in [0.2, 0.25) is 11.5 Å². The zero-order valence-electron chi connectivity index (χ0n) is 26.7. The Morgan fingerprint density at radius 3 is 1.51 bits per heavy atom. The standard InChI is InChI=1S/C42H32O7/c1-20-10-9-17-28(30(20)29-21(2)18-19-22-11-3-4-12-23(22)29)31-24-13-5-7-15-26(24)32(27-16-8-6-14-25(27)31)33-36(43)34-35(38(45)37(33)44)40(47)42(49)41(48)39(34)46/h3-8,11-19,43-49H,9-10H2,1-2H3. The summed E-state index contributed by atoms with van der Waals surface area (Å²) in [6, 6.07) is 27.9. The van der Waals surface area contributed by atoms with Crippen molar-refractivity contribution in [2.24, 2.45) is 0 Å². The molecule has 7 aromatic carbocycles. The van der Waals surface area contributed by atoms with Gasteiger partial charge in [-0.1, -0.05) is 96.6 Å². The van der Waals surface area contributed by atoms with Crippen LogP contribution >= 0.6 is 0 Å². The first-order valence-electron chi connectivity index (χ1n) is 16.0. The Labute approximate surface area is 280 Å². The highest BCUT2D eigenvalue weighted by Gasteiger charge is 2.32. The summed E-state index contributed by atoms with van der Waals surface area (Å²) >= 11 is 0. The number of hydrogen-bond donors (Lipinski definition) is 7. The molecular formula is C42H32O7. The van der Waals surface area contributed by atoms with Gasteiger partial charge >= 0.3 is 0 Å². The number of benzene rings is 7. The van der Waals surface area contributed by atoms with Crippen LogP contribution in [0.4, 0.5) is 0 Å². The fourth-order valence-electron chi connectivity index (χ4n) is 7.74. The van der Waals surface area contributed by atoms with Crippen molar-refractivity contribution in [3.63, 3.8) is 0 Å². The van der Waals surface area contributed by atoms with Gasteiger partial charge < -0.3 is 35.7 Å². The van der Waals surface area contributed by atoms with Crippen molar-refractivity contribution in [1.29, 1.82) is 0 Å². The highest BCUT2D eigenvalue weighted by Crippen LogP contribution is 2.61. The fourth-order valence-corrected chi connectivity index (χ4v) is 7.74. The molecule has 0 saturated carbocycles. The van der Waals surface area contributed by atoms with Crippen LogP contribution in [0.1, 0.15) is 36.5 Å². The number of phenols is 7. The monoisotopic (exact) mass is 648 g/mol. The van der Waals surface area contributed by atoms with E-state index in [-0.39, 0.29) is 5.56 Å². The van der Waals surface area contributed by atoms with E-state index in [1.54, 1.807) is 0 Å². The third kappa shape index (κ3) is 4.15. The second kappa shape index (κ2) is 10.9. The third-order valence-corrected chi connectivity index (χ3v) is 9.97. The van der Waals surface area contributed by atoms with Crippen LogP contribution in [-0.4, -0.2) is 35.7 Å². The van der Waals surface area contributed by atoms with Crippen LogP contribution in [0.15, 0.2) is 96.6 Å². The van der Waals surface area contributed by atoms with Crippen LogP contribution in [0.2, 0.25) is 0 Å². The second-order valence-electron chi connectivity index (χ2n) is 12.7. The normalized spacial score (nSPS) is 13.6. The molecule has 49 heavy (non-hydrogen) atoms. The van der Waals surface area contributed by atoms with E-state index in [4.69, 9.17) is 0 Å². The molecule has 7 aromatic rings. The molecule has 0 saturated heterocycles. The van der Waals surface area contributed by atoms with E-state index in [1.165, 1.54) is 11.1 Å². The number of aryl methyl sites for hydroxylation is 1. The summed E-state index contributed by atoms with van der Waals surface area (Å²) in [6.07, 6.45) is 4.04. The molecule has 0 aliphatic heterocycles. The van der Waals surface area contributed by atoms with E-state index < -0.39 is 51.0 Å². The van der Waals surface area contributed by atoms with Crippen molar-refractivity contribution in [3.8, 4) is 51.4 Å². The lowest BCUT2D eigenvalue weighted by Crippen LogP contribution is -2.04. The Morgan fingerprint density at radius 2 is 0.918 bits per heavy atom. The number of rotatable bonds is 3. The minimum atomic E-state index is -1.10. The predicted octanol–water partition coefficient (Wildman–Crippen LogP) is 9.86. The van der Waals surface area contributed by atoms with Crippen LogP contribution in [0.3, 0.4) is 0 Å². The number of aromatic hydroxyl groups is 7. The number of hydrogen-bond acceptors (Lipinski definition) is 7. The van der Waals surface area contributed by atoms with Gasteiger partial charge in [-0.15, -0.1) is 0 Å². The van der Waals surface area contributed by atoms with E-state index >= 15 is 0 Å². The first-order valence-corrected chi connectivity index (χ1v) is 16.0. The van der Waals surface area contributed by atoms with Gasteiger partial charge in [-0.2, -0.15) is 0 Å².